The predicted octanol–water partition coefficient (Wildman–Crippen LogP) is 3.21. The first-order chi connectivity index (χ1) is 5.86. The zero-order valence-electron chi connectivity index (χ0n) is 7.09. The molecule has 0 aliphatic heterocycles. The molecule has 0 nitrogen and oxygen atoms in total. The van der Waals surface area contributed by atoms with Crippen LogP contribution in [0.25, 0.3) is 6.08 Å². The minimum absolute atomic E-state index is 0.929. The van der Waals surface area contributed by atoms with Gasteiger partial charge in [-0.3, -0.25) is 0 Å². The van der Waals surface area contributed by atoms with Crippen LogP contribution in [0.15, 0.2) is 49.2 Å². The summed E-state index contributed by atoms with van der Waals surface area (Å²) in [5.41, 5.74) is 5.16. The third kappa shape index (κ3) is 2.26. The summed E-state index contributed by atoms with van der Waals surface area (Å²) in [6.07, 6.45) is 4.69. The van der Waals surface area contributed by atoms with Gasteiger partial charge in [0, 0.05) is 0 Å². The van der Waals surface area contributed by atoms with Crippen LogP contribution in [0.1, 0.15) is 11.1 Å². The van der Waals surface area contributed by atoms with Crippen LogP contribution < -0.4 is 0 Å². The summed E-state index contributed by atoms with van der Waals surface area (Å²) in [6.45, 7) is 7.20. The number of benzene rings is 1. The molecule has 0 unspecified atom stereocenters. The van der Waals surface area contributed by atoms with E-state index in [1.165, 1.54) is 5.56 Å². The van der Waals surface area contributed by atoms with Gasteiger partial charge in [-0.1, -0.05) is 36.9 Å². The van der Waals surface area contributed by atoms with Crippen LogP contribution in [0.3, 0.4) is 0 Å². The quantitative estimate of drug-likeness (QED) is 0.465. The molecule has 60 valence electrons. The molecule has 1 aromatic rings. The van der Waals surface area contributed by atoms with Gasteiger partial charge in [-0.15, -0.1) is 12.3 Å². The molecule has 0 aliphatic rings. The van der Waals surface area contributed by atoms with Gasteiger partial charge in [0.05, 0.1) is 0 Å². The molecule has 0 heteroatoms. The number of hydrogen-bond donors (Lipinski definition) is 0. The molecule has 0 atom stereocenters. The van der Waals surface area contributed by atoms with Gasteiger partial charge in [0.2, 0.25) is 0 Å². The van der Waals surface area contributed by atoms with Crippen molar-refractivity contribution < 1.29 is 0 Å². The first-order valence-corrected chi connectivity index (χ1v) is 3.92. The van der Waals surface area contributed by atoms with E-state index in [4.69, 9.17) is 0 Å². The maximum absolute atomic E-state index is 3.68. The van der Waals surface area contributed by atoms with Crippen molar-refractivity contribution in [3.05, 3.63) is 60.4 Å². The Kier molecular flexibility index (Phi) is 3.13. The van der Waals surface area contributed by atoms with Crippen LogP contribution >= 0.6 is 0 Å². The zero-order valence-corrected chi connectivity index (χ0v) is 7.09. The highest BCUT2D eigenvalue weighted by molar-refractivity contribution is 5.48. The van der Waals surface area contributed by atoms with Gasteiger partial charge >= 0.3 is 0 Å². The normalized spacial score (nSPS) is 8.67. The highest BCUT2D eigenvalue weighted by Crippen LogP contribution is 2.06. The first kappa shape index (κ1) is 8.58. The maximum atomic E-state index is 3.68. The lowest BCUT2D eigenvalue weighted by molar-refractivity contribution is 1.28. The van der Waals surface area contributed by atoms with Gasteiger partial charge < -0.3 is 0 Å². The van der Waals surface area contributed by atoms with E-state index in [9.17, 15) is 0 Å². The average molecular weight is 156 g/mol. The average Bonchev–Trinajstić information content (AvgIpc) is 2.09. The van der Waals surface area contributed by atoms with Crippen molar-refractivity contribution >= 4 is 6.08 Å². The Morgan fingerprint density at radius 1 is 1.25 bits per heavy atom. The molecule has 1 aromatic carbocycles. The SMILES string of the molecule is C=C=Cc1ccc(CC=C)cc1. The van der Waals surface area contributed by atoms with Crippen LogP contribution in [0.5, 0.6) is 0 Å². The monoisotopic (exact) mass is 156 g/mol. The summed E-state index contributed by atoms with van der Waals surface area (Å²) in [5.74, 6) is 0. The molecule has 0 bridgehead atoms. The minimum Gasteiger partial charge on any atom is -0.128 e. The van der Waals surface area contributed by atoms with E-state index in [2.05, 4.69) is 43.2 Å². The molecule has 0 amide bonds. The smallest absolute Gasteiger partial charge is 0.0100 e. The van der Waals surface area contributed by atoms with E-state index in [1.54, 1.807) is 0 Å². The van der Waals surface area contributed by atoms with Crippen molar-refractivity contribution in [1.29, 1.82) is 0 Å². The molecule has 12 heavy (non-hydrogen) atoms. The summed E-state index contributed by atoms with van der Waals surface area (Å²) in [6, 6.07) is 8.28. The summed E-state index contributed by atoms with van der Waals surface area (Å²) in [7, 11) is 0. The molecule has 0 fully saturated rings. The van der Waals surface area contributed by atoms with Gasteiger partial charge in [0.1, 0.15) is 0 Å². The second-order valence-electron chi connectivity index (χ2n) is 2.58. The van der Waals surface area contributed by atoms with E-state index < -0.39 is 0 Å². The topological polar surface area (TPSA) is 0 Å². The first-order valence-electron chi connectivity index (χ1n) is 3.92. The molecule has 0 saturated carbocycles. The molecular formula is C12H12. The van der Waals surface area contributed by atoms with Crippen LogP contribution in [-0.2, 0) is 6.42 Å². The fourth-order valence-corrected chi connectivity index (χ4v) is 1.03. The van der Waals surface area contributed by atoms with Crippen molar-refractivity contribution in [1.82, 2.24) is 0 Å². The fourth-order valence-electron chi connectivity index (χ4n) is 1.03. The lowest BCUT2D eigenvalue weighted by atomic mass is 10.1. The van der Waals surface area contributed by atoms with Gasteiger partial charge in [-0.05, 0) is 23.6 Å². The number of rotatable bonds is 3. The van der Waals surface area contributed by atoms with Crippen LogP contribution in [0, 0.1) is 0 Å². The van der Waals surface area contributed by atoms with E-state index in [0.29, 0.717) is 0 Å². The third-order valence-corrected chi connectivity index (χ3v) is 1.63. The highest BCUT2D eigenvalue weighted by atomic mass is 13.9. The van der Waals surface area contributed by atoms with Gasteiger partial charge in [-0.25, -0.2) is 0 Å². The summed E-state index contributed by atoms with van der Waals surface area (Å²) >= 11 is 0. The van der Waals surface area contributed by atoms with Crippen molar-refractivity contribution in [2.24, 2.45) is 0 Å². The molecule has 0 spiro atoms. The van der Waals surface area contributed by atoms with Crippen molar-refractivity contribution in [3.63, 3.8) is 0 Å². The van der Waals surface area contributed by atoms with E-state index in [1.807, 2.05) is 12.2 Å². The van der Waals surface area contributed by atoms with Crippen molar-refractivity contribution in [2.75, 3.05) is 0 Å². The molecule has 0 saturated heterocycles. The number of allylic oxidation sites excluding steroid dienone is 1. The largest absolute Gasteiger partial charge is 0.128 e. The Bertz CT molecular complexity index is 297. The standard InChI is InChI=1S/C12H12/c1-3-5-11-7-9-12(6-4-2)10-8-11/h3,6-10H,1-2,5H2. The minimum atomic E-state index is 0.929. The molecule has 0 aliphatic carbocycles. The Balaban J connectivity index is 2.84. The van der Waals surface area contributed by atoms with Crippen LogP contribution in [0.4, 0.5) is 0 Å². The van der Waals surface area contributed by atoms with Gasteiger partial charge in [-0.2, -0.15) is 0 Å². The van der Waals surface area contributed by atoms with E-state index in [0.717, 1.165) is 12.0 Å². The lowest BCUT2D eigenvalue weighted by Crippen LogP contribution is -1.79. The van der Waals surface area contributed by atoms with E-state index in [-0.39, 0.29) is 0 Å². The second-order valence-corrected chi connectivity index (χ2v) is 2.58. The Morgan fingerprint density at radius 3 is 2.42 bits per heavy atom. The Hall–Kier alpha value is -1.52. The fraction of sp³-hybridized carbons (Fsp3) is 0.0833. The zero-order chi connectivity index (χ0) is 8.81. The predicted molar refractivity (Wildman–Crippen MR) is 53.9 cm³/mol. The molecule has 0 radical (unpaired) electrons. The molecule has 0 aromatic heterocycles. The Morgan fingerprint density at radius 2 is 1.92 bits per heavy atom. The summed E-state index contributed by atoms with van der Waals surface area (Å²) in [5, 5.41) is 0. The third-order valence-electron chi connectivity index (χ3n) is 1.63. The summed E-state index contributed by atoms with van der Waals surface area (Å²) < 4.78 is 0. The molecule has 0 heterocycles. The van der Waals surface area contributed by atoms with Crippen LogP contribution in [0.2, 0.25) is 0 Å². The van der Waals surface area contributed by atoms with Crippen LogP contribution in [-0.4, -0.2) is 0 Å². The van der Waals surface area contributed by atoms with Gasteiger partial charge in [0.15, 0.2) is 0 Å². The Labute approximate surface area is 73.6 Å². The van der Waals surface area contributed by atoms with Crippen molar-refractivity contribution in [2.45, 2.75) is 6.42 Å². The molecule has 0 N–H and O–H groups in total. The highest BCUT2D eigenvalue weighted by Gasteiger charge is 1.88. The van der Waals surface area contributed by atoms with Crippen molar-refractivity contribution in [3.8, 4) is 0 Å². The molecular weight excluding hydrogens is 144 g/mol. The molecule has 1 rings (SSSR count). The second kappa shape index (κ2) is 4.38. The lowest BCUT2D eigenvalue weighted by Gasteiger charge is -1.96. The maximum Gasteiger partial charge on any atom is -0.0100 e. The van der Waals surface area contributed by atoms with Gasteiger partial charge in [0.25, 0.3) is 0 Å². The number of hydrogen-bond acceptors (Lipinski definition) is 0. The van der Waals surface area contributed by atoms with E-state index >= 15 is 0 Å². The summed E-state index contributed by atoms with van der Waals surface area (Å²) in [4.78, 5) is 0.